The Balaban J connectivity index is 0. The Hall–Kier alpha value is 1.01. The van der Waals surface area contributed by atoms with Crippen molar-refractivity contribution in [2.75, 3.05) is 20.0 Å². The standard InChI is InChI=1S/C3H9P.V/c1-4(2)3;/h1-3H3;/p+1. The molecular formula is C3H10PV+. The second-order valence-electron chi connectivity index (χ2n) is 1.50. The van der Waals surface area contributed by atoms with Crippen LogP contribution in [0, 0.1) is 0 Å². The Bertz CT molecular complexity index is 11.6. The summed E-state index contributed by atoms with van der Waals surface area (Å²) in [6.45, 7) is 6.81. The van der Waals surface area contributed by atoms with Gasteiger partial charge in [0, 0.05) is 38.6 Å². The van der Waals surface area contributed by atoms with Crippen LogP contribution in [0.5, 0.6) is 0 Å². The van der Waals surface area contributed by atoms with Crippen molar-refractivity contribution in [3.63, 3.8) is 0 Å². The van der Waals surface area contributed by atoms with Gasteiger partial charge in [0.15, 0.2) is 0 Å². The van der Waals surface area contributed by atoms with Crippen LogP contribution in [-0.2, 0) is 18.6 Å². The van der Waals surface area contributed by atoms with Crippen molar-refractivity contribution in [3.05, 3.63) is 0 Å². The fourth-order valence-corrected chi connectivity index (χ4v) is 0. The zero-order valence-corrected chi connectivity index (χ0v) is 6.34. The molecule has 0 fully saturated rings. The van der Waals surface area contributed by atoms with E-state index in [9.17, 15) is 0 Å². The molecule has 0 saturated carbocycles. The molecule has 0 atom stereocenters. The predicted molar refractivity (Wildman–Crippen MR) is 26.1 cm³/mol. The van der Waals surface area contributed by atoms with Gasteiger partial charge in [-0.05, 0) is 7.92 Å². The molecule has 0 aliphatic heterocycles. The molecule has 5 heavy (non-hydrogen) atoms. The van der Waals surface area contributed by atoms with E-state index in [1.807, 2.05) is 0 Å². The van der Waals surface area contributed by atoms with Crippen LogP contribution in [0.25, 0.3) is 0 Å². The molecule has 31 valence electrons. The van der Waals surface area contributed by atoms with Crippen molar-refractivity contribution >= 4 is 7.92 Å². The molecule has 0 heterocycles. The van der Waals surface area contributed by atoms with Crippen molar-refractivity contribution in [2.45, 2.75) is 0 Å². The maximum Gasteiger partial charge on any atom is 0.0461 e. The van der Waals surface area contributed by atoms with Crippen molar-refractivity contribution in [3.8, 4) is 0 Å². The zero-order valence-electron chi connectivity index (χ0n) is 3.95. The zero-order chi connectivity index (χ0) is 3.58. The minimum atomic E-state index is 0. The van der Waals surface area contributed by atoms with E-state index in [0.717, 1.165) is 0 Å². The molecule has 0 nitrogen and oxygen atoms in total. The summed E-state index contributed by atoms with van der Waals surface area (Å²) < 4.78 is 0. The molecular weight excluding hydrogens is 118 g/mol. The molecule has 0 amide bonds. The van der Waals surface area contributed by atoms with Gasteiger partial charge in [-0.15, -0.1) is 0 Å². The first-order valence-corrected chi connectivity index (χ1v) is 4.50. The van der Waals surface area contributed by atoms with Gasteiger partial charge in [-0.3, -0.25) is 0 Å². The average molecular weight is 128 g/mol. The quantitative estimate of drug-likeness (QED) is 0.428. The largest absolute Gasteiger partial charge is 0.0461 e. The van der Waals surface area contributed by atoms with Gasteiger partial charge in [0.1, 0.15) is 0 Å². The molecule has 0 unspecified atom stereocenters. The van der Waals surface area contributed by atoms with Crippen LogP contribution >= 0.6 is 7.92 Å². The van der Waals surface area contributed by atoms with E-state index in [1.54, 1.807) is 0 Å². The van der Waals surface area contributed by atoms with Crippen LogP contribution in [0.1, 0.15) is 0 Å². The van der Waals surface area contributed by atoms with E-state index in [1.165, 1.54) is 0 Å². The van der Waals surface area contributed by atoms with Crippen LogP contribution in [-0.4, -0.2) is 20.0 Å². The fourth-order valence-electron chi connectivity index (χ4n) is 0. The van der Waals surface area contributed by atoms with Gasteiger partial charge < -0.3 is 0 Å². The molecule has 0 aromatic heterocycles. The smallest absolute Gasteiger partial charge is 0.00840 e. The third-order valence-corrected chi connectivity index (χ3v) is 0. The summed E-state index contributed by atoms with van der Waals surface area (Å²) in [6.07, 6.45) is 0. The molecule has 0 bridgehead atoms. The Morgan fingerprint density at radius 2 is 1.00 bits per heavy atom. The van der Waals surface area contributed by atoms with Crippen molar-refractivity contribution < 1.29 is 18.6 Å². The van der Waals surface area contributed by atoms with Gasteiger partial charge in [0.2, 0.25) is 0 Å². The van der Waals surface area contributed by atoms with Crippen LogP contribution < -0.4 is 0 Å². The van der Waals surface area contributed by atoms with Gasteiger partial charge in [0.05, 0.1) is 0 Å². The second kappa shape index (κ2) is 5.01. The molecule has 0 rings (SSSR count). The van der Waals surface area contributed by atoms with Crippen molar-refractivity contribution in [1.29, 1.82) is 0 Å². The van der Waals surface area contributed by atoms with Gasteiger partial charge in [0.25, 0.3) is 0 Å². The van der Waals surface area contributed by atoms with E-state index >= 15 is 0 Å². The monoisotopic (exact) mass is 128 g/mol. The third-order valence-electron chi connectivity index (χ3n) is 0. The Labute approximate surface area is 47.0 Å². The summed E-state index contributed by atoms with van der Waals surface area (Å²) in [5.74, 6) is 0. The van der Waals surface area contributed by atoms with Gasteiger partial charge in [-0.25, -0.2) is 0 Å². The number of rotatable bonds is 0. The van der Waals surface area contributed by atoms with Crippen molar-refractivity contribution in [1.82, 2.24) is 0 Å². The van der Waals surface area contributed by atoms with E-state index < -0.39 is 0 Å². The fraction of sp³-hybridized carbons (Fsp3) is 1.00. The number of hydrogen-bond donors (Lipinski definition) is 0. The summed E-state index contributed by atoms with van der Waals surface area (Å²) in [5.41, 5.74) is 0. The minimum Gasteiger partial charge on any atom is -0.00840 e. The maximum absolute atomic E-state index is 2.27. The van der Waals surface area contributed by atoms with Gasteiger partial charge >= 0.3 is 0 Å². The first kappa shape index (κ1) is 9.38. The van der Waals surface area contributed by atoms with E-state index in [4.69, 9.17) is 0 Å². The summed E-state index contributed by atoms with van der Waals surface area (Å²) in [5, 5.41) is 0. The molecule has 0 saturated heterocycles. The summed E-state index contributed by atoms with van der Waals surface area (Å²) in [4.78, 5) is 0. The molecule has 0 aliphatic rings. The average Bonchev–Trinajstić information content (AvgIpc) is 0.811. The molecule has 0 aliphatic carbocycles. The SMILES string of the molecule is C[PH+](C)C.[V]. The predicted octanol–water partition coefficient (Wildman–Crippen LogP) is 1.09. The Kier molecular flexibility index (Phi) is 9.41. The molecule has 0 spiro atoms. The Morgan fingerprint density at radius 3 is 1.00 bits per heavy atom. The van der Waals surface area contributed by atoms with E-state index in [2.05, 4.69) is 20.0 Å². The third kappa shape index (κ3) is 44.3. The first-order chi connectivity index (χ1) is 1.73. The number of hydrogen-bond acceptors (Lipinski definition) is 0. The van der Waals surface area contributed by atoms with Crippen LogP contribution in [0.4, 0.5) is 0 Å². The normalized spacial score (nSPS) is 7.20. The van der Waals surface area contributed by atoms with Crippen LogP contribution in [0.15, 0.2) is 0 Å². The summed E-state index contributed by atoms with van der Waals surface area (Å²) in [6, 6.07) is 0. The van der Waals surface area contributed by atoms with Gasteiger partial charge in [-0.2, -0.15) is 0 Å². The molecule has 0 aromatic rings. The molecule has 2 heteroatoms. The summed E-state index contributed by atoms with van der Waals surface area (Å²) in [7, 11) is 0.120. The maximum atomic E-state index is 2.27. The van der Waals surface area contributed by atoms with E-state index in [0.29, 0.717) is 0 Å². The van der Waals surface area contributed by atoms with Crippen molar-refractivity contribution in [2.24, 2.45) is 0 Å². The van der Waals surface area contributed by atoms with Crippen LogP contribution in [0.2, 0.25) is 0 Å². The minimum absolute atomic E-state index is 0. The van der Waals surface area contributed by atoms with E-state index in [-0.39, 0.29) is 26.5 Å². The molecule has 0 N–H and O–H groups in total. The summed E-state index contributed by atoms with van der Waals surface area (Å²) >= 11 is 0. The van der Waals surface area contributed by atoms with Gasteiger partial charge in [-0.1, -0.05) is 0 Å². The first-order valence-electron chi connectivity index (χ1n) is 1.50. The molecule has 0 aromatic carbocycles. The second-order valence-corrected chi connectivity index (χ2v) is 4.50. The topological polar surface area (TPSA) is 0 Å². The molecule has 1 radical (unpaired) electrons. The Morgan fingerprint density at radius 1 is 1.00 bits per heavy atom. The van der Waals surface area contributed by atoms with Crippen LogP contribution in [0.3, 0.4) is 0 Å².